The Labute approximate surface area is 140 Å². The quantitative estimate of drug-likeness (QED) is 0.465. The van der Waals surface area contributed by atoms with E-state index in [9.17, 15) is 4.39 Å². The van der Waals surface area contributed by atoms with Crippen molar-refractivity contribution < 1.29 is 4.39 Å². The van der Waals surface area contributed by atoms with Crippen LogP contribution in [0, 0.1) is 12.7 Å². The molecule has 0 saturated heterocycles. The highest BCUT2D eigenvalue weighted by molar-refractivity contribution is 7.09. The zero-order valence-electron chi connectivity index (χ0n) is 13.6. The molecule has 2 aromatic rings. The molecule has 0 aliphatic heterocycles. The lowest BCUT2D eigenvalue weighted by molar-refractivity contribution is 0.626. The van der Waals surface area contributed by atoms with Gasteiger partial charge in [-0.1, -0.05) is 12.1 Å². The van der Waals surface area contributed by atoms with E-state index in [2.05, 4.69) is 26.0 Å². The van der Waals surface area contributed by atoms with Crippen LogP contribution in [0.4, 0.5) is 4.39 Å². The Morgan fingerprint density at radius 3 is 2.57 bits per heavy atom. The first-order valence-electron chi connectivity index (χ1n) is 7.77. The van der Waals surface area contributed by atoms with Crippen molar-refractivity contribution in [2.75, 3.05) is 20.1 Å². The summed E-state index contributed by atoms with van der Waals surface area (Å²) < 4.78 is 12.8. The summed E-state index contributed by atoms with van der Waals surface area (Å²) in [6.45, 7) is 3.64. The molecule has 1 heterocycles. The van der Waals surface area contributed by atoms with Crippen molar-refractivity contribution in [3.63, 3.8) is 0 Å². The number of thiazole rings is 1. The molecule has 23 heavy (non-hydrogen) atoms. The minimum absolute atomic E-state index is 0.199. The van der Waals surface area contributed by atoms with Gasteiger partial charge in [0, 0.05) is 37.6 Å². The molecule has 0 aliphatic carbocycles. The number of nitrogens with one attached hydrogen (secondary N) is 2. The second-order valence-electron chi connectivity index (χ2n) is 5.29. The zero-order valence-corrected chi connectivity index (χ0v) is 14.4. The van der Waals surface area contributed by atoms with Crippen LogP contribution < -0.4 is 10.6 Å². The molecule has 4 nitrogen and oxygen atoms in total. The topological polar surface area (TPSA) is 49.3 Å². The largest absolute Gasteiger partial charge is 0.356 e. The van der Waals surface area contributed by atoms with E-state index in [-0.39, 0.29) is 5.82 Å². The van der Waals surface area contributed by atoms with Gasteiger partial charge in [0.25, 0.3) is 0 Å². The van der Waals surface area contributed by atoms with Crippen LogP contribution in [-0.2, 0) is 12.8 Å². The lowest BCUT2D eigenvalue weighted by Gasteiger charge is -2.11. The molecule has 1 aromatic heterocycles. The summed E-state index contributed by atoms with van der Waals surface area (Å²) in [6, 6.07) is 6.60. The van der Waals surface area contributed by atoms with Crippen LogP contribution in [0.25, 0.3) is 0 Å². The Kier molecular flexibility index (Phi) is 7.00. The lowest BCUT2D eigenvalue weighted by Crippen LogP contribution is -2.38. The Morgan fingerprint density at radius 1 is 1.17 bits per heavy atom. The Bertz CT molecular complexity index is 622. The third-order valence-corrected chi connectivity index (χ3v) is 4.40. The number of hydrogen-bond donors (Lipinski definition) is 2. The first-order chi connectivity index (χ1) is 11.2. The van der Waals surface area contributed by atoms with E-state index in [1.54, 1.807) is 18.4 Å². The summed E-state index contributed by atoms with van der Waals surface area (Å²) in [5.41, 5.74) is 2.20. The molecule has 0 bridgehead atoms. The average molecular weight is 334 g/mol. The summed E-state index contributed by atoms with van der Waals surface area (Å²) in [7, 11) is 1.76. The van der Waals surface area contributed by atoms with E-state index in [0.717, 1.165) is 49.6 Å². The molecule has 2 rings (SSSR count). The number of halogens is 1. The normalized spacial score (nSPS) is 11.5. The maximum Gasteiger partial charge on any atom is 0.190 e. The maximum atomic E-state index is 12.8. The summed E-state index contributed by atoms with van der Waals surface area (Å²) in [5, 5.41) is 9.83. The molecule has 124 valence electrons. The molecule has 1 aromatic carbocycles. The molecule has 0 saturated carbocycles. The van der Waals surface area contributed by atoms with Gasteiger partial charge in [-0.2, -0.15) is 0 Å². The van der Waals surface area contributed by atoms with Crippen molar-refractivity contribution in [1.29, 1.82) is 0 Å². The standard InChI is InChI=1S/C17H23FN4S/c1-13-12-23-16(22-13)4-3-10-20-17(19-2)21-11-9-14-5-7-15(18)8-6-14/h5-8,12H,3-4,9-11H2,1-2H3,(H2,19,20,21). The smallest absolute Gasteiger partial charge is 0.190 e. The summed E-state index contributed by atoms with van der Waals surface area (Å²) in [5.74, 6) is 0.594. The molecule has 6 heteroatoms. The Balaban J connectivity index is 1.62. The van der Waals surface area contributed by atoms with Crippen LogP contribution in [0.3, 0.4) is 0 Å². The first-order valence-corrected chi connectivity index (χ1v) is 8.65. The average Bonchev–Trinajstić information content (AvgIpc) is 2.97. The van der Waals surface area contributed by atoms with Crippen LogP contribution in [0.2, 0.25) is 0 Å². The van der Waals surface area contributed by atoms with E-state index >= 15 is 0 Å². The van der Waals surface area contributed by atoms with E-state index < -0.39 is 0 Å². The fourth-order valence-corrected chi connectivity index (χ4v) is 2.98. The van der Waals surface area contributed by atoms with Gasteiger partial charge in [-0.05, 0) is 37.5 Å². The van der Waals surface area contributed by atoms with Crippen molar-refractivity contribution in [2.24, 2.45) is 4.99 Å². The molecule has 0 atom stereocenters. The van der Waals surface area contributed by atoms with E-state index in [1.165, 1.54) is 17.1 Å². The molecule has 0 spiro atoms. The van der Waals surface area contributed by atoms with Gasteiger partial charge in [-0.25, -0.2) is 9.37 Å². The second-order valence-corrected chi connectivity index (χ2v) is 6.23. The molecular weight excluding hydrogens is 311 g/mol. The van der Waals surface area contributed by atoms with Gasteiger partial charge in [0.05, 0.1) is 5.01 Å². The number of guanidine groups is 1. The van der Waals surface area contributed by atoms with Gasteiger partial charge in [0.15, 0.2) is 5.96 Å². The van der Waals surface area contributed by atoms with Gasteiger partial charge in [-0.3, -0.25) is 4.99 Å². The van der Waals surface area contributed by atoms with Gasteiger partial charge < -0.3 is 10.6 Å². The van der Waals surface area contributed by atoms with E-state index in [0.29, 0.717) is 0 Å². The SMILES string of the molecule is CN=C(NCCCc1nc(C)cs1)NCCc1ccc(F)cc1. The molecule has 0 unspecified atom stereocenters. The monoisotopic (exact) mass is 334 g/mol. The minimum atomic E-state index is -0.199. The van der Waals surface area contributed by atoms with Crippen molar-refractivity contribution in [1.82, 2.24) is 15.6 Å². The molecule has 0 radical (unpaired) electrons. The van der Waals surface area contributed by atoms with Gasteiger partial charge in [0.2, 0.25) is 0 Å². The van der Waals surface area contributed by atoms with Gasteiger partial charge in [-0.15, -0.1) is 11.3 Å². The van der Waals surface area contributed by atoms with Crippen molar-refractivity contribution in [2.45, 2.75) is 26.2 Å². The number of aryl methyl sites for hydroxylation is 2. The fraction of sp³-hybridized carbons (Fsp3) is 0.412. The van der Waals surface area contributed by atoms with Crippen LogP contribution in [0.5, 0.6) is 0 Å². The second kappa shape index (κ2) is 9.25. The van der Waals surface area contributed by atoms with Crippen molar-refractivity contribution in [3.8, 4) is 0 Å². The van der Waals surface area contributed by atoms with Crippen LogP contribution >= 0.6 is 11.3 Å². The zero-order chi connectivity index (χ0) is 16.5. The highest BCUT2D eigenvalue weighted by atomic mass is 32.1. The van der Waals surface area contributed by atoms with Crippen LogP contribution in [-0.4, -0.2) is 31.1 Å². The summed E-state index contributed by atoms with van der Waals surface area (Å²) in [6.07, 6.45) is 2.84. The first kappa shape index (κ1) is 17.4. The van der Waals surface area contributed by atoms with Crippen LogP contribution in [0.1, 0.15) is 22.7 Å². The molecule has 0 amide bonds. The molecular formula is C17H23FN4S. The Hall–Kier alpha value is -1.95. The highest BCUT2D eigenvalue weighted by Gasteiger charge is 2.01. The van der Waals surface area contributed by atoms with E-state index in [4.69, 9.17) is 0 Å². The van der Waals surface area contributed by atoms with Crippen molar-refractivity contribution >= 4 is 17.3 Å². The number of hydrogen-bond acceptors (Lipinski definition) is 3. The number of nitrogens with zero attached hydrogens (tertiary/aromatic N) is 2. The highest BCUT2D eigenvalue weighted by Crippen LogP contribution is 2.10. The van der Waals surface area contributed by atoms with Gasteiger partial charge >= 0.3 is 0 Å². The third-order valence-electron chi connectivity index (χ3n) is 3.37. The molecule has 2 N–H and O–H groups in total. The maximum absolute atomic E-state index is 12.8. The van der Waals surface area contributed by atoms with Crippen molar-refractivity contribution in [3.05, 3.63) is 51.7 Å². The number of aromatic nitrogens is 1. The predicted molar refractivity (Wildman–Crippen MR) is 94.6 cm³/mol. The summed E-state index contributed by atoms with van der Waals surface area (Å²) in [4.78, 5) is 8.66. The number of aliphatic imine (C=N–C) groups is 1. The van der Waals surface area contributed by atoms with Gasteiger partial charge in [0.1, 0.15) is 5.82 Å². The van der Waals surface area contributed by atoms with Crippen LogP contribution in [0.15, 0.2) is 34.6 Å². The number of rotatable bonds is 7. The molecule has 0 fully saturated rings. The summed E-state index contributed by atoms with van der Waals surface area (Å²) >= 11 is 1.72. The number of benzene rings is 1. The minimum Gasteiger partial charge on any atom is -0.356 e. The predicted octanol–water partition coefficient (Wildman–Crippen LogP) is 2.93. The molecule has 0 aliphatic rings. The Morgan fingerprint density at radius 2 is 1.91 bits per heavy atom. The fourth-order valence-electron chi connectivity index (χ4n) is 2.16. The lowest BCUT2D eigenvalue weighted by atomic mass is 10.1. The van der Waals surface area contributed by atoms with E-state index in [1.807, 2.05) is 19.1 Å². The third kappa shape index (κ3) is 6.36.